The van der Waals surface area contributed by atoms with Crippen LogP contribution >= 0.6 is 0 Å². The summed E-state index contributed by atoms with van der Waals surface area (Å²) < 4.78 is 4.92. The summed E-state index contributed by atoms with van der Waals surface area (Å²) in [6.45, 7) is 2.39. The number of amides is 1. The topological polar surface area (TPSA) is 51.2 Å². The number of aromatic nitrogens is 1. The molecule has 1 atom stereocenters. The molecule has 0 saturated heterocycles. The summed E-state index contributed by atoms with van der Waals surface area (Å²) in [5.74, 6) is -0.131. The Kier molecular flexibility index (Phi) is 5.22. The highest BCUT2D eigenvalue weighted by Crippen LogP contribution is 1.98. The van der Waals surface area contributed by atoms with Crippen LogP contribution in [0.4, 0.5) is 0 Å². The van der Waals surface area contributed by atoms with Gasteiger partial charge in [-0.3, -0.25) is 9.78 Å². The fourth-order valence-electron chi connectivity index (χ4n) is 1.23. The third-order valence-electron chi connectivity index (χ3n) is 1.92. The molecule has 0 aliphatic rings. The SMILES string of the molecule is COCC(C)NC(=O)/C=C/c1cccnc1. The Morgan fingerprint density at radius 2 is 2.50 bits per heavy atom. The van der Waals surface area contributed by atoms with Crippen LogP contribution in [0.2, 0.25) is 0 Å². The van der Waals surface area contributed by atoms with Crippen LogP contribution in [0.1, 0.15) is 12.5 Å². The fraction of sp³-hybridized carbons (Fsp3) is 0.333. The van der Waals surface area contributed by atoms with E-state index >= 15 is 0 Å². The molecule has 0 radical (unpaired) electrons. The highest BCUT2D eigenvalue weighted by Gasteiger charge is 2.02. The monoisotopic (exact) mass is 220 g/mol. The summed E-state index contributed by atoms with van der Waals surface area (Å²) in [6.07, 6.45) is 6.60. The van der Waals surface area contributed by atoms with Crippen molar-refractivity contribution in [3.05, 3.63) is 36.2 Å². The highest BCUT2D eigenvalue weighted by molar-refractivity contribution is 5.91. The van der Waals surface area contributed by atoms with Gasteiger partial charge in [0, 0.05) is 31.6 Å². The molecule has 1 rings (SSSR count). The van der Waals surface area contributed by atoms with Gasteiger partial charge >= 0.3 is 0 Å². The number of nitrogens with one attached hydrogen (secondary N) is 1. The van der Waals surface area contributed by atoms with Gasteiger partial charge in [-0.15, -0.1) is 0 Å². The Morgan fingerprint density at radius 3 is 3.12 bits per heavy atom. The Hall–Kier alpha value is -1.68. The largest absolute Gasteiger partial charge is 0.383 e. The molecule has 0 aliphatic carbocycles. The standard InChI is InChI=1S/C12H16N2O2/c1-10(9-16-2)14-12(15)6-5-11-4-3-7-13-8-11/h3-8,10H,9H2,1-2H3,(H,14,15)/b6-5+. The van der Waals surface area contributed by atoms with Crippen LogP contribution in [0.25, 0.3) is 6.08 Å². The number of nitrogens with zero attached hydrogens (tertiary/aromatic N) is 1. The Morgan fingerprint density at radius 1 is 1.69 bits per heavy atom. The van der Waals surface area contributed by atoms with E-state index in [9.17, 15) is 4.79 Å². The number of methoxy groups -OCH3 is 1. The lowest BCUT2D eigenvalue weighted by Gasteiger charge is -2.10. The van der Waals surface area contributed by atoms with Crippen molar-refractivity contribution >= 4 is 12.0 Å². The van der Waals surface area contributed by atoms with Crippen LogP contribution in [-0.2, 0) is 9.53 Å². The number of rotatable bonds is 5. The molecule has 1 unspecified atom stereocenters. The number of pyridine rings is 1. The second kappa shape index (κ2) is 6.74. The number of carbonyl (C=O) groups is 1. The molecular formula is C12H16N2O2. The average Bonchev–Trinajstić information content (AvgIpc) is 2.28. The molecule has 4 nitrogen and oxygen atoms in total. The van der Waals surface area contributed by atoms with Crippen LogP contribution in [0.5, 0.6) is 0 Å². The zero-order valence-electron chi connectivity index (χ0n) is 9.51. The molecule has 0 fully saturated rings. The van der Waals surface area contributed by atoms with Crippen LogP contribution in [-0.4, -0.2) is 30.6 Å². The molecule has 1 N–H and O–H groups in total. The van der Waals surface area contributed by atoms with Crippen molar-refractivity contribution in [2.45, 2.75) is 13.0 Å². The first-order valence-corrected chi connectivity index (χ1v) is 5.10. The second-order valence-electron chi connectivity index (χ2n) is 3.48. The predicted octanol–water partition coefficient (Wildman–Crippen LogP) is 1.25. The fourth-order valence-corrected chi connectivity index (χ4v) is 1.23. The van der Waals surface area contributed by atoms with Crippen LogP contribution in [0.3, 0.4) is 0 Å². The van der Waals surface area contributed by atoms with Crippen LogP contribution < -0.4 is 5.32 Å². The normalized spacial score (nSPS) is 12.6. The molecule has 1 aromatic heterocycles. The number of hydrogen-bond acceptors (Lipinski definition) is 3. The van der Waals surface area contributed by atoms with E-state index in [4.69, 9.17) is 4.74 Å². The molecule has 0 saturated carbocycles. The van der Waals surface area contributed by atoms with E-state index < -0.39 is 0 Å². The minimum absolute atomic E-state index is 0.0102. The minimum atomic E-state index is -0.131. The predicted molar refractivity (Wildman–Crippen MR) is 62.8 cm³/mol. The van der Waals surface area contributed by atoms with E-state index in [0.29, 0.717) is 6.61 Å². The first kappa shape index (κ1) is 12.4. The van der Waals surface area contributed by atoms with Gasteiger partial charge in [-0.2, -0.15) is 0 Å². The smallest absolute Gasteiger partial charge is 0.244 e. The summed E-state index contributed by atoms with van der Waals surface area (Å²) >= 11 is 0. The van der Waals surface area contributed by atoms with E-state index in [1.54, 1.807) is 25.6 Å². The van der Waals surface area contributed by atoms with Gasteiger partial charge in [-0.25, -0.2) is 0 Å². The van der Waals surface area contributed by atoms with E-state index in [1.807, 2.05) is 19.1 Å². The highest BCUT2D eigenvalue weighted by atomic mass is 16.5. The maximum atomic E-state index is 11.4. The molecule has 0 aliphatic heterocycles. The van der Waals surface area contributed by atoms with Gasteiger partial charge in [0.25, 0.3) is 0 Å². The summed E-state index contributed by atoms with van der Waals surface area (Å²) in [5, 5.41) is 2.78. The van der Waals surface area contributed by atoms with Gasteiger partial charge in [0.2, 0.25) is 5.91 Å². The summed E-state index contributed by atoms with van der Waals surface area (Å²) in [4.78, 5) is 15.4. The lowest BCUT2D eigenvalue weighted by atomic mass is 10.2. The molecule has 0 spiro atoms. The van der Waals surface area contributed by atoms with Crippen molar-refractivity contribution in [1.29, 1.82) is 0 Å². The van der Waals surface area contributed by atoms with Crippen molar-refractivity contribution in [3.8, 4) is 0 Å². The van der Waals surface area contributed by atoms with Crippen molar-refractivity contribution < 1.29 is 9.53 Å². The number of ether oxygens (including phenoxy) is 1. The molecular weight excluding hydrogens is 204 g/mol. The molecule has 86 valence electrons. The number of hydrogen-bond donors (Lipinski definition) is 1. The third kappa shape index (κ3) is 4.70. The maximum Gasteiger partial charge on any atom is 0.244 e. The van der Waals surface area contributed by atoms with E-state index in [0.717, 1.165) is 5.56 Å². The van der Waals surface area contributed by atoms with E-state index in [2.05, 4.69) is 10.3 Å². The molecule has 0 bridgehead atoms. The minimum Gasteiger partial charge on any atom is -0.383 e. The van der Waals surface area contributed by atoms with Crippen LogP contribution in [0, 0.1) is 0 Å². The second-order valence-corrected chi connectivity index (χ2v) is 3.48. The van der Waals surface area contributed by atoms with Gasteiger partial charge in [-0.1, -0.05) is 6.07 Å². The Labute approximate surface area is 95.3 Å². The van der Waals surface area contributed by atoms with E-state index in [-0.39, 0.29) is 11.9 Å². The molecule has 16 heavy (non-hydrogen) atoms. The molecule has 0 aromatic carbocycles. The molecule has 1 aromatic rings. The summed E-state index contributed by atoms with van der Waals surface area (Å²) in [7, 11) is 1.61. The zero-order chi connectivity index (χ0) is 11.8. The van der Waals surface area contributed by atoms with Crippen molar-refractivity contribution in [1.82, 2.24) is 10.3 Å². The zero-order valence-corrected chi connectivity index (χ0v) is 9.51. The molecule has 1 amide bonds. The average molecular weight is 220 g/mol. The van der Waals surface area contributed by atoms with E-state index in [1.165, 1.54) is 6.08 Å². The quantitative estimate of drug-likeness (QED) is 0.760. The Balaban J connectivity index is 2.42. The van der Waals surface area contributed by atoms with Crippen molar-refractivity contribution in [3.63, 3.8) is 0 Å². The molecule has 1 heterocycles. The first-order valence-electron chi connectivity index (χ1n) is 5.10. The van der Waals surface area contributed by atoms with Crippen LogP contribution in [0.15, 0.2) is 30.6 Å². The lowest BCUT2D eigenvalue weighted by molar-refractivity contribution is -0.117. The Bertz CT molecular complexity index is 349. The molecule has 4 heteroatoms. The van der Waals surface area contributed by atoms with Gasteiger partial charge in [0.05, 0.1) is 6.61 Å². The summed E-state index contributed by atoms with van der Waals surface area (Å²) in [5.41, 5.74) is 0.900. The first-order chi connectivity index (χ1) is 7.72. The lowest BCUT2D eigenvalue weighted by Crippen LogP contribution is -2.34. The third-order valence-corrected chi connectivity index (χ3v) is 1.92. The van der Waals surface area contributed by atoms with Crippen molar-refractivity contribution in [2.24, 2.45) is 0 Å². The van der Waals surface area contributed by atoms with Gasteiger partial charge in [-0.05, 0) is 24.6 Å². The van der Waals surface area contributed by atoms with Gasteiger partial charge in [0.1, 0.15) is 0 Å². The van der Waals surface area contributed by atoms with Gasteiger partial charge < -0.3 is 10.1 Å². The van der Waals surface area contributed by atoms with Gasteiger partial charge in [0.15, 0.2) is 0 Å². The van der Waals surface area contributed by atoms with Crippen molar-refractivity contribution in [2.75, 3.05) is 13.7 Å². The number of carbonyl (C=O) groups excluding carboxylic acids is 1. The summed E-state index contributed by atoms with van der Waals surface area (Å²) in [6, 6.07) is 3.72. The maximum absolute atomic E-state index is 11.4.